The van der Waals surface area contributed by atoms with E-state index in [2.05, 4.69) is 64.3 Å². The maximum Gasteiger partial charge on any atom is 0.152 e. The first-order chi connectivity index (χ1) is 13.5. The van der Waals surface area contributed by atoms with Gasteiger partial charge in [-0.05, 0) is 75.7 Å². The Balaban J connectivity index is 1.88. The Morgan fingerprint density at radius 1 is 1.29 bits per heavy atom. The van der Waals surface area contributed by atoms with Gasteiger partial charge in [-0.2, -0.15) is 0 Å². The van der Waals surface area contributed by atoms with Gasteiger partial charge in [0.2, 0.25) is 0 Å². The number of halogens is 1. The summed E-state index contributed by atoms with van der Waals surface area (Å²) in [5.41, 5.74) is 5.48. The number of hydrogen-bond acceptors (Lipinski definition) is 3. The summed E-state index contributed by atoms with van der Waals surface area (Å²) in [6, 6.07) is 6.94. The number of amidine groups is 1. The van der Waals surface area contributed by atoms with Gasteiger partial charge in [-0.15, -0.1) is 0 Å². The molecule has 2 heterocycles. The van der Waals surface area contributed by atoms with Gasteiger partial charge in [-0.1, -0.05) is 34.1 Å². The van der Waals surface area contributed by atoms with E-state index in [0.717, 1.165) is 53.8 Å². The Morgan fingerprint density at radius 3 is 2.71 bits per heavy atom. The molecule has 0 saturated carbocycles. The lowest BCUT2D eigenvalue weighted by Gasteiger charge is -2.30. The first kappa shape index (κ1) is 19.6. The van der Waals surface area contributed by atoms with E-state index >= 15 is 0 Å². The highest BCUT2D eigenvalue weighted by atomic mass is 79.9. The molecule has 0 amide bonds. The van der Waals surface area contributed by atoms with Gasteiger partial charge in [0, 0.05) is 28.2 Å². The summed E-state index contributed by atoms with van der Waals surface area (Å²) in [6.45, 7) is 6.62. The minimum absolute atomic E-state index is 0.189. The van der Waals surface area contributed by atoms with Crippen LogP contribution in [0, 0.1) is 0 Å². The van der Waals surface area contributed by atoms with Crippen LogP contribution in [-0.4, -0.2) is 32.3 Å². The molecule has 0 radical (unpaired) electrons. The van der Waals surface area contributed by atoms with Crippen molar-refractivity contribution in [2.24, 2.45) is 4.99 Å². The molecule has 5 heteroatoms. The van der Waals surface area contributed by atoms with Crippen molar-refractivity contribution in [2.75, 3.05) is 25.0 Å². The highest BCUT2D eigenvalue weighted by molar-refractivity contribution is 9.12. The van der Waals surface area contributed by atoms with Gasteiger partial charge < -0.3 is 10.2 Å². The molecule has 3 aliphatic rings. The molecule has 4 nitrogen and oxygen atoms in total. The predicted octanol–water partition coefficient (Wildman–Crippen LogP) is 4.81. The van der Waals surface area contributed by atoms with E-state index in [0.29, 0.717) is 5.92 Å². The number of allylic oxidation sites excluding steroid dienone is 4. The monoisotopic (exact) mass is 441 g/mol. The number of aliphatic imine (C=N–C) groups is 1. The third kappa shape index (κ3) is 3.09. The van der Waals surface area contributed by atoms with Crippen molar-refractivity contribution in [1.82, 2.24) is 5.32 Å². The first-order valence-electron chi connectivity index (χ1n) is 10.2. The quantitative estimate of drug-likeness (QED) is 0.684. The normalized spacial score (nSPS) is 23.8. The molecule has 1 aliphatic carbocycles. The van der Waals surface area contributed by atoms with E-state index < -0.39 is 0 Å². The van der Waals surface area contributed by atoms with Gasteiger partial charge in [0.15, 0.2) is 6.29 Å². The van der Waals surface area contributed by atoms with Gasteiger partial charge in [-0.3, -0.25) is 9.79 Å². The smallest absolute Gasteiger partial charge is 0.152 e. The maximum absolute atomic E-state index is 11.9. The van der Waals surface area contributed by atoms with Crippen LogP contribution in [0.4, 0.5) is 5.69 Å². The van der Waals surface area contributed by atoms with E-state index in [1.54, 1.807) is 0 Å². The molecule has 2 aliphatic heterocycles. The van der Waals surface area contributed by atoms with Crippen molar-refractivity contribution in [2.45, 2.75) is 50.9 Å². The topological polar surface area (TPSA) is 44.7 Å². The van der Waals surface area contributed by atoms with E-state index in [-0.39, 0.29) is 5.41 Å². The number of hydrogen-bond donors (Lipinski definition) is 1. The number of nitrogens with zero attached hydrogens (tertiary/aromatic N) is 2. The molecule has 4 rings (SSSR count). The zero-order chi connectivity index (χ0) is 19.9. The fourth-order valence-corrected chi connectivity index (χ4v) is 5.46. The zero-order valence-corrected chi connectivity index (χ0v) is 18.5. The van der Waals surface area contributed by atoms with Crippen LogP contribution in [-0.2, 0) is 10.2 Å². The average Bonchev–Trinajstić information content (AvgIpc) is 2.94. The van der Waals surface area contributed by atoms with Crippen LogP contribution >= 0.6 is 15.9 Å². The van der Waals surface area contributed by atoms with Crippen molar-refractivity contribution in [3.63, 3.8) is 0 Å². The second-order valence-corrected chi connectivity index (χ2v) is 9.23. The highest BCUT2D eigenvalue weighted by Gasteiger charge is 2.44. The lowest BCUT2D eigenvalue weighted by molar-refractivity contribution is -0.104. The van der Waals surface area contributed by atoms with Crippen molar-refractivity contribution < 1.29 is 4.79 Å². The molecule has 1 aromatic rings. The van der Waals surface area contributed by atoms with Crippen molar-refractivity contribution in [3.05, 3.63) is 51.2 Å². The summed E-state index contributed by atoms with van der Waals surface area (Å²) in [7, 11) is 1.86. The fraction of sp³-hybridized carbons (Fsp3) is 0.478. The molecule has 0 bridgehead atoms. The summed E-state index contributed by atoms with van der Waals surface area (Å²) in [5.74, 6) is 1.61. The molecule has 1 saturated heterocycles. The zero-order valence-electron chi connectivity index (χ0n) is 16.9. The SMILES string of the molecule is CN=C1N(C2=C(C=O)C(Br)=CCC2)c2cc(C3CCNCC3)ccc2C1(C)C. The third-order valence-electron chi connectivity index (χ3n) is 6.39. The van der Waals surface area contributed by atoms with E-state index in [4.69, 9.17) is 4.99 Å². The number of nitrogens with one attached hydrogen (secondary N) is 1. The van der Waals surface area contributed by atoms with Crippen molar-refractivity contribution in [3.8, 4) is 0 Å². The standard InChI is InChI=1S/C23H28BrN3O/c1-23(2)18-8-7-16(15-9-11-26-12-10-15)13-21(18)27(22(23)25-3)20-6-4-5-19(24)17(20)14-28/h5,7-8,13-15,26H,4,6,9-12H2,1-3H3. The van der Waals surface area contributed by atoms with Gasteiger partial charge in [0.05, 0.1) is 5.69 Å². The molecule has 148 valence electrons. The Bertz CT molecular complexity index is 891. The first-order valence-corrected chi connectivity index (χ1v) is 10.9. The number of aldehydes is 1. The molecule has 1 aromatic carbocycles. The second-order valence-electron chi connectivity index (χ2n) is 8.38. The van der Waals surface area contributed by atoms with Crippen LogP contribution in [0.15, 0.2) is 45.0 Å². The Kier molecular flexibility index (Phi) is 5.32. The van der Waals surface area contributed by atoms with Crippen LogP contribution in [0.3, 0.4) is 0 Å². The highest BCUT2D eigenvalue weighted by Crippen LogP contribution is 2.48. The van der Waals surface area contributed by atoms with Crippen molar-refractivity contribution >= 4 is 33.7 Å². The number of fused-ring (bicyclic) bond motifs is 1. The summed E-state index contributed by atoms with van der Waals surface area (Å²) >= 11 is 3.59. The number of benzene rings is 1. The predicted molar refractivity (Wildman–Crippen MR) is 119 cm³/mol. The van der Waals surface area contributed by atoms with Crippen molar-refractivity contribution in [1.29, 1.82) is 0 Å². The van der Waals surface area contributed by atoms with Crippen LogP contribution < -0.4 is 10.2 Å². The Hall–Kier alpha value is -1.72. The molecule has 28 heavy (non-hydrogen) atoms. The van der Waals surface area contributed by atoms with Crippen LogP contribution in [0.2, 0.25) is 0 Å². The van der Waals surface area contributed by atoms with Gasteiger partial charge in [0.1, 0.15) is 5.84 Å². The number of anilines is 1. The molecule has 0 aromatic heterocycles. The third-order valence-corrected chi connectivity index (χ3v) is 7.14. The molecule has 0 unspecified atom stereocenters. The largest absolute Gasteiger partial charge is 0.317 e. The number of piperidine rings is 1. The number of carbonyl (C=O) groups is 1. The summed E-state index contributed by atoms with van der Waals surface area (Å²) in [6.07, 6.45) is 7.17. The molecular formula is C23H28BrN3O. The minimum atomic E-state index is -0.189. The van der Waals surface area contributed by atoms with Crippen LogP contribution in [0.5, 0.6) is 0 Å². The molecule has 0 atom stereocenters. The van der Waals surface area contributed by atoms with Gasteiger partial charge in [-0.25, -0.2) is 0 Å². The van der Waals surface area contributed by atoms with E-state index in [9.17, 15) is 4.79 Å². The lowest BCUT2D eigenvalue weighted by atomic mass is 9.83. The van der Waals surface area contributed by atoms with E-state index in [1.807, 2.05) is 7.05 Å². The molecule has 1 N–H and O–H groups in total. The summed E-state index contributed by atoms with van der Waals surface area (Å²) in [5, 5.41) is 3.46. The summed E-state index contributed by atoms with van der Waals surface area (Å²) < 4.78 is 0.889. The van der Waals surface area contributed by atoms with E-state index in [1.165, 1.54) is 29.7 Å². The maximum atomic E-state index is 11.9. The lowest BCUT2D eigenvalue weighted by Crippen LogP contribution is -2.37. The number of carbonyl (C=O) groups excluding carboxylic acids is 1. The second kappa shape index (κ2) is 7.60. The summed E-state index contributed by atoms with van der Waals surface area (Å²) in [4.78, 5) is 18.9. The Labute approximate surface area is 175 Å². The average molecular weight is 442 g/mol. The van der Waals surface area contributed by atoms with Crippen LogP contribution in [0.1, 0.15) is 56.6 Å². The number of rotatable bonds is 3. The molecular weight excluding hydrogens is 414 g/mol. The van der Waals surface area contributed by atoms with Gasteiger partial charge >= 0.3 is 0 Å². The van der Waals surface area contributed by atoms with Gasteiger partial charge in [0.25, 0.3) is 0 Å². The van der Waals surface area contributed by atoms with Crippen LogP contribution in [0.25, 0.3) is 0 Å². The minimum Gasteiger partial charge on any atom is -0.317 e. The fourth-order valence-electron chi connectivity index (χ4n) is 4.91. The molecule has 0 spiro atoms. The molecule has 1 fully saturated rings. The Morgan fingerprint density at radius 2 is 2.04 bits per heavy atom.